The normalized spacial score (nSPS) is 24.2. The molecule has 0 unspecified atom stereocenters. The van der Waals surface area contributed by atoms with Gasteiger partial charge in [-0.25, -0.2) is 0 Å². The lowest BCUT2D eigenvalue weighted by Crippen LogP contribution is -2.30. The molecule has 2 rings (SSSR count). The number of rotatable bonds is 2. The zero-order chi connectivity index (χ0) is 14.0. The summed E-state index contributed by atoms with van der Waals surface area (Å²) in [5.74, 6) is -1.49. The van der Waals surface area contributed by atoms with Gasteiger partial charge in [0.1, 0.15) is 0 Å². The summed E-state index contributed by atoms with van der Waals surface area (Å²) in [4.78, 5) is 12.2. The number of alkyl halides is 3. The molecule has 0 amide bonds. The maximum Gasteiger partial charge on any atom is 0.391 e. The van der Waals surface area contributed by atoms with Crippen molar-refractivity contribution in [3.05, 3.63) is 35.4 Å². The Bertz CT molecular complexity index is 457. The average Bonchev–Trinajstić information content (AvgIpc) is 2.37. The highest BCUT2D eigenvalue weighted by molar-refractivity contribution is 5.98. The van der Waals surface area contributed by atoms with Crippen LogP contribution in [0, 0.1) is 18.8 Å². The van der Waals surface area contributed by atoms with Crippen molar-refractivity contribution in [1.82, 2.24) is 0 Å². The molecule has 4 heteroatoms. The Morgan fingerprint density at radius 2 is 1.79 bits per heavy atom. The predicted octanol–water partition coefficient (Wildman–Crippen LogP) is 4.55. The Hall–Kier alpha value is -1.32. The number of hydrogen-bond donors (Lipinski definition) is 0. The second-order valence-corrected chi connectivity index (χ2v) is 5.32. The topological polar surface area (TPSA) is 17.1 Å². The molecule has 1 fully saturated rings. The van der Waals surface area contributed by atoms with E-state index < -0.39 is 12.1 Å². The largest absolute Gasteiger partial charge is 0.391 e. The van der Waals surface area contributed by atoms with Crippen LogP contribution in [0.4, 0.5) is 13.2 Å². The summed E-state index contributed by atoms with van der Waals surface area (Å²) in [6.07, 6.45) is -3.28. The smallest absolute Gasteiger partial charge is 0.294 e. The molecule has 1 saturated carbocycles. The van der Waals surface area contributed by atoms with Crippen LogP contribution in [-0.2, 0) is 0 Å². The van der Waals surface area contributed by atoms with Crippen LogP contribution < -0.4 is 0 Å². The van der Waals surface area contributed by atoms with Crippen LogP contribution in [0.15, 0.2) is 24.3 Å². The van der Waals surface area contributed by atoms with Gasteiger partial charge in [0.25, 0.3) is 0 Å². The van der Waals surface area contributed by atoms with E-state index in [1.165, 1.54) is 0 Å². The van der Waals surface area contributed by atoms with Crippen molar-refractivity contribution >= 4 is 5.78 Å². The first-order valence-electron chi connectivity index (χ1n) is 6.55. The van der Waals surface area contributed by atoms with Gasteiger partial charge in [0.05, 0.1) is 5.92 Å². The van der Waals surface area contributed by atoms with Gasteiger partial charge in [-0.3, -0.25) is 4.79 Å². The average molecular weight is 270 g/mol. The first-order chi connectivity index (χ1) is 8.88. The molecule has 0 atom stereocenters. The minimum atomic E-state index is -4.11. The first kappa shape index (κ1) is 14.1. The molecule has 19 heavy (non-hydrogen) atoms. The Kier molecular flexibility index (Phi) is 3.97. The summed E-state index contributed by atoms with van der Waals surface area (Å²) >= 11 is 0. The van der Waals surface area contributed by atoms with Crippen LogP contribution in [0.3, 0.4) is 0 Å². The molecule has 1 nitrogen and oxygen atoms in total. The van der Waals surface area contributed by atoms with E-state index in [2.05, 4.69) is 0 Å². The fraction of sp³-hybridized carbons (Fsp3) is 0.533. The summed E-state index contributed by atoms with van der Waals surface area (Å²) < 4.78 is 37.7. The van der Waals surface area contributed by atoms with E-state index in [9.17, 15) is 18.0 Å². The minimum Gasteiger partial charge on any atom is -0.294 e. The minimum absolute atomic E-state index is 0.00988. The second-order valence-electron chi connectivity index (χ2n) is 5.32. The van der Waals surface area contributed by atoms with Crippen molar-refractivity contribution in [3.8, 4) is 0 Å². The van der Waals surface area contributed by atoms with Gasteiger partial charge in [-0.05, 0) is 38.7 Å². The third kappa shape index (κ3) is 3.37. The third-order valence-corrected chi connectivity index (χ3v) is 3.86. The molecule has 1 aliphatic rings. The number of halogens is 3. The quantitative estimate of drug-likeness (QED) is 0.721. The molecule has 0 N–H and O–H groups in total. The lowest BCUT2D eigenvalue weighted by Gasteiger charge is -2.29. The first-order valence-corrected chi connectivity index (χ1v) is 6.55. The molecule has 0 heterocycles. The molecule has 0 radical (unpaired) electrons. The highest BCUT2D eigenvalue weighted by atomic mass is 19.4. The van der Waals surface area contributed by atoms with Crippen molar-refractivity contribution in [2.45, 2.75) is 38.8 Å². The molecular formula is C15H17F3O. The van der Waals surface area contributed by atoms with Crippen molar-refractivity contribution in [2.24, 2.45) is 11.8 Å². The molecule has 0 aromatic heterocycles. The van der Waals surface area contributed by atoms with E-state index in [-0.39, 0.29) is 24.5 Å². The molecule has 1 aromatic carbocycles. The third-order valence-electron chi connectivity index (χ3n) is 3.86. The van der Waals surface area contributed by atoms with Gasteiger partial charge in [0.15, 0.2) is 5.78 Å². The molecule has 0 saturated heterocycles. The van der Waals surface area contributed by atoms with Crippen LogP contribution in [0.2, 0.25) is 0 Å². The van der Waals surface area contributed by atoms with E-state index in [4.69, 9.17) is 0 Å². The monoisotopic (exact) mass is 270 g/mol. The predicted molar refractivity (Wildman–Crippen MR) is 67.0 cm³/mol. The Morgan fingerprint density at radius 3 is 2.32 bits per heavy atom. The van der Waals surface area contributed by atoms with Crippen molar-refractivity contribution in [1.29, 1.82) is 0 Å². The zero-order valence-electron chi connectivity index (χ0n) is 10.8. The lowest BCUT2D eigenvalue weighted by atomic mass is 9.78. The summed E-state index contributed by atoms with van der Waals surface area (Å²) in [6.45, 7) is 1.90. The molecule has 0 spiro atoms. The number of carbonyl (C=O) groups excluding carboxylic acids is 1. The fourth-order valence-corrected chi connectivity index (χ4v) is 2.72. The van der Waals surface area contributed by atoms with Gasteiger partial charge >= 0.3 is 6.18 Å². The van der Waals surface area contributed by atoms with Crippen LogP contribution in [0.5, 0.6) is 0 Å². The van der Waals surface area contributed by atoms with Gasteiger partial charge in [-0.1, -0.05) is 23.8 Å². The molecular weight excluding hydrogens is 253 g/mol. The van der Waals surface area contributed by atoms with E-state index >= 15 is 0 Å². The number of hydrogen-bond acceptors (Lipinski definition) is 1. The Labute approximate surface area is 110 Å². The standard InChI is InChI=1S/C15H17F3O/c1-10-3-2-4-12(9-10)14(19)11-5-7-13(8-6-11)15(16,17)18/h2-4,9,11,13H,5-8H2,1H3. The molecule has 1 aromatic rings. The van der Waals surface area contributed by atoms with E-state index in [0.29, 0.717) is 18.4 Å². The van der Waals surface area contributed by atoms with E-state index in [1.807, 2.05) is 19.1 Å². The molecule has 1 aliphatic carbocycles. The van der Waals surface area contributed by atoms with Crippen molar-refractivity contribution < 1.29 is 18.0 Å². The number of carbonyl (C=O) groups is 1. The van der Waals surface area contributed by atoms with Crippen LogP contribution in [0.25, 0.3) is 0 Å². The highest BCUT2D eigenvalue weighted by Gasteiger charge is 2.42. The molecule has 0 aliphatic heterocycles. The number of ketones is 1. The van der Waals surface area contributed by atoms with Crippen LogP contribution in [0.1, 0.15) is 41.6 Å². The van der Waals surface area contributed by atoms with Crippen LogP contribution in [-0.4, -0.2) is 12.0 Å². The number of benzene rings is 1. The Morgan fingerprint density at radius 1 is 1.16 bits per heavy atom. The van der Waals surface area contributed by atoms with E-state index in [1.54, 1.807) is 12.1 Å². The lowest BCUT2D eigenvalue weighted by molar-refractivity contribution is -0.183. The number of aryl methyl sites for hydroxylation is 1. The van der Waals surface area contributed by atoms with Crippen LogP contribution >= 0.6 is 0 Å². The maximum absolute atomic E-state index is 12.6. The zero-order valence-corrected chi connectivity index (χ0v) is 10.8. The van der Waals surface area contributed by atoms with Gasteiger partial charge in [0.2, 0.25) is 0 Å². The Balaban J connectivity index is 2.00. The summed E-state index contributed by atoms with van der Waals surface area (Å²) in [6, 6.07) is 7.25. The molecule has 0 bridgehead atoms. The number of Topliss-reactive ketones (excluding diaryl/α,β-unsaturated/α-hetero) is 1. The van der Waals surface area contributed by atoms with E-state index in [0.717, 1.165) is 5.56 Å². The SMILES string of the molecule is Cc1cccc(C(=O)C2CCC(C(F)(F)F)CC2)c1. The van der Waals surface area contributed by atoms with Crippen molar-refractivity contribution in [2.75, 3.05) is 0 Å². The summed E-state index contributed by atoms with van der Waals surface area (Å²) in [7, 11) is 0. The van der Waals surface area contributed by atoms with Gasteiger partial charge in [-0.2, -0.15) is 13.2 Å². The summed E-state index contributed by atoms with van der Waals surface area (Å²) in [5, 5.41) is 0. The van der Waals surface area contributed by atoms with Gasteiger partial charge < -0.3 is 0 Å². The van der Waals surface area contributed by atoms with Gasteiger partial charge in [0, 0.05) is 11.5 Å². The molecule has 104 valence electrons. The fourth-order valence-electron chi connectivity index (χ4n) is 2.72. The highest BCUT2D eigenvalue weighted by Crippen LogP contribution is 2.40. The summed E-state index contributed by atoms with van der Waals surface area (Å²) in [5.41, 5.74) is 1.62. The van der Waals surface area contributed by atoms with Gasteiger partial charge in [-0.15, -0.1) is 0 Å². The second kappa shape index (κ2) is 5.35. The van der Waals surface area contributed by atoms with Crippen molar-refractivity contribution in [3.63, 3.8) is 0 Å². The maximum atomic E-state index is 12.6.